The predicted molar refractivity (Wildman–Crippen MR) is 42.5 cm³/mol. The first-order valence-corrected chi connectivity index (χ1v) is 4.54. The average molecular weight is 310 g/mol. The fraction of sp³-hybridized carbons (Fsp3) is 1.00. The molecular weight excluding hydrogens is 302 g/mol. The first-order chi connectivity index (χ1) is 8.41. The molecule has 0 N–H and O–H groups in total. The van der Waals surface area contributed by atoms with E-state index < -0.39 is 43.1 Å². The van der Waals surface area contributed by atoms with Gasteiger partial charge < -0.3 is 4.74 Å². The molecule has 19 heavy (non-hydrogen) atoms. The summed E-state index contributed by atoms with van der Waals surface area (Å²) in [5.74, 6) is -11.9. The lowest BCUT2D eigenvalue weighted by atomic mass is 10.00. The summed E-state index contributed by atoms with van der Waals surface area (Å²) >= 11 is 0. The summed E-state index contributed by atoms with van der Waals surface area (Å²) < 4.78 is 128. The maximum atomic E-state index is 12.8. The van der Waals surface area contributed by atoms with Crippen LogP contribution in [0.25, 0.3) is 0 Å². The molecule has 0 aliphatic heterocycles. The quantitative estimate of drug-likeness (QED) is 0.654. The van der Waals surface area contributed by atoms with Gasteiger partial charge in [-0.3, -0.25) is 0 Å². The SMILES string of the molecule is COC(F)C(F)(F)C(F)(F)C(F)C(F)C(F)C(F)F. The van der Waals surface area contributed by atoms with Crippen LogP contribution in [-0.2, 0) is 4.74 Å². The van der Waals surface area contributed by atoms with Crippen molar-refractivity contribution in [3.63, 3.8) is 0 Å². The van der Waals surface area contributed by atoms with Crippen LogP contribution in [0.3, 0.4) is 0 Å². The molecule has 0 bridgehead atoms. The Morgan fingerprint density at radius 1 is 0.737 bits per heavy atom. The van der Waals surface area contributed by atoms with Crippen LogP contribution >= 0.6 is 0 Å². The Balaban J connectivity index is 5.19. The zero-order chi connectivity index (χ0) is 15.6. The van der Waals surface area contributed by atoms with E-state index in [-0.39, 0.29) is 7.11 Å². The summed E-state index contributed by atoms with van der Waals surface area (Å²) in [6.45, 7) is 0. The highest BCUT2D eigenvalue weighted by molar-refractivity contribution is 4.98. The highest BCUT2D eigenvalue weighted by atomic mass is 19.3. The van der Waals surface area contributed by atoms with Crippen LogP contribution in [-0.4, -0.2) is 50.3 Å². The normalized spacial score (nSPS) is 20.2. The average Bonchev–Trinajstić information content (AvgIpc) is 2.34. The van der Waals surface area contributed by atoms with Crippen LogP contribution in [0.1, 0.15) is 0 Å². The van der Waals surface area contributed by atoms with Gasteiger partial charge in [-0.15, -0.1) is 0 Å². The van der Waals surface area contributed by atoms with E-state index in [0.717, 1.165) is 0 Å². The Morgan fingerprint density at radius 3 is 1.47 bits per heavy atom. The van der Waals surface area contributed by atoms with E-state index in [1.807, 2.05) is 0 Å². The smallest absolute Gasteiger partial charge is 0.347 e. The fourth-order valence-corrected chi connectivity index (χ4v) is 0.984. The summed E-state index contributed by atoms with van der Waals surface area (Å²) in [6.07, 6.45) is -21.2. The van der Waals surface area contributed by atoms with Crippen LogP contribution < -0.4 is 0 Å². The van der Waals surface area contributed by atoms with Crippen LogP contribution in [0.4, 0.5) is 43.9 Å². The van der Waals surface area contributed by atoms with E-state index in [1.54, 1.807) is 0 Å². The zero-order valence-electron chi connectivity index (χ0n) is 9.07. The molecule has 0 aromatic rings. The zero-order valence-corrected chi connectivity index (χ0v) is 9.07. The summed E-state index contributed by atoms with van der Waals surface area (Å²) in [5, 5.41) is 0. The molecule has 0 radical (unpaired) electrons. The van der Waals surface area contributed by atoms with Gasteiger partial charge in [0.2, 0.25) is 6.17 Å². The molecule has 0 saturated carbocycles. The molecule has 0 fully saturated rings. The molecule has 0 heterocycles. The number of hydrogen-bond donors (Lipinski definition) is 0. The third-order valence-electron chi connectivity index (χ3n) is 2.11. The van der Waals surface area contributed by atoms with Crippen molar-refractivity contribution in [2.75, 3.05) is 7.11 Å². The Bertz CT molecular complexity index is 283. The minimum absolute atomic E-state index is 0.228. The van der Waals surface area contributed by atoms with Gasteiger partial charge in [-0.2, -0.15) is 17.6 Å². The molecule has 4 atom stereocenters. The maximum Gasteiger partial charge on any atom is 0.367 e. The van der Waals surface area contributed by atoms with Gasteiger partial charge in [0.05, 0.1) is 0 Å². The van der Waals surface area contributed by atoms with E-state index in [4.69, 9.17) is 0 Å². The van der Waals surface area contributed by atoms with Crippen molar-refractivity contribution in [1.29, 1.82) is 0 Å². The molecule has 0 saturated heterocycles. The van der Waals surface area contributed by atoms with E-state index in [1.165, 1.54) is 0 Å². The van der Waals surface area contributed by atoms with Gasteiger partial charge in [0.25, 0.3) is 12.8 Å². The largest absolute Gasteiger partial charge is 0.367 e. The molecular formula is C8H8F10O. The Hall–Kier alpha value is -0.740. The highest BCUT2D eigenvalue weighted by Gasteiger charge is 2.69. The van der Waals surface area contributed by atoms with Crippen molar-refractivity contribution in [2.45, 2.75) is 43.1 Å². The lowest BCUT2D eigenvalue weighted by Crippen LogP contribution is -2.58. The van der Waals surface area contributed by atoms with Gasteiger partial charge in [-0.25, -0.2) is 26.3 Å². The Labute approximate surface area is 100 Å². The van der Waals surface area contributed by atoms with E-state index in [9.17, 15) is 43.9 Å². The van der Waals surface area contributed by atoms with Crippen molar-refractivity contribution in [1.82, 2.24) is 0 Å². The number of alkyl halides is 10. The molecule has 0 aromatic carbocycles. The molecule has 0 rings (SSSR count). The second-order valence-electron chi connectivity index (χ2n) is 3.42. The molecule has 0 aromatic heterocycles. The van der Waals surface area contributed by atoms with E-state index in [0.29, 0.717) is 0 Å². The van der Waals surface area contributed by atoms with Gasteiger partial charge in [0.1, 0.15) is 0 Å². The molecule has 0 aliphatic carbocycles. The van der Waals surface area contributed by atoms with Gasteiger partial charge in [0, 0.05) is 7.11 Å². The number of rotatable bonds is 7. The topological polar surface area (TPSA) is 9.23 Å². The van der Waals surface area contributed by atoms with Crippen molar-refractivity contribution >= 4 is 0 Å². The molecule has 0 spiro atoms. The van der Waals surface area contributed by atoms with Crippen molar-refractivity contribution < 1.29 is 48.6 Å². The van der Waals surface area contributed by atoms with Crippen LogP contribution in [0.15, 0.2) is 0 Å². The first kappa shape index (κ1) is 18.3. The van der Waals surface area contributed by atoms with Gasteiger partial charge >= 0.3 is 11.8 Å². The number of ether oxygens (including phenoxy) is 1. The molecule has 0 aliphatic rings. The highest BCUT2D eigenvalue weighted by Crippen LogP contribution is 2.44. The van der Waals surface area contributed by atoms with Crippen molar-refractivity contribution in [2.24, 2.45) is 0 Å². The summed E-state index contributed by atoms with van der Waals surface area (Å²) in [5.41, 5.74) is 0. The standard InChI is InChI=1S/C8H8F10O/c1-19-6(14)8(17,18)7(15,16)4(11)2(9)3(10)5(12)13/h2-6H,1H3. The van der Waals surface area contributed by atoms with Crippen LogP contribution in [0.2, 0.25) is 0 Å². The fourth-order valence-electron chi connectivity index (χ4n) is 0.984. The Kier molecular flexibility index (Phi) is 5.90. The number of halogens is 10. The molecule has 11 heteroatoms. The lowest BCUT2D eigenvalue weighted by molar-refractivity contribution is -0.313. The molecule has 1 nitrogen and oxygen atoms in total. The van der Waals surface area contributed by atoms with Gasteiger partial charge in [0.15, 0.2) is 12.3 Å². The second kappa shape index (κ2) is 6.14. The third-order valence-corrected chi connectivity index (χ3v) is 2.11. The maximum absolute atomic E-state index is 12.8. The second-order valence-corrected chi connectivity index (χ2v) is 3.42. The van der Waals surface area contributed by atoms with Gasteiger partial charge in [-0.1, -0.05) is 0 Å². The number of hydrogen-bond acceptors (Lipinski definition) is 1. The minimum atomic E-state index is -6.08. The minimum Gasteiger partial charge on any atom is -0.347 e. The number of methoxy groups -OCH3 is 1. The van der Waals surface area contributed by atoms with Crippen molar-refractivity contribution in [3.8, 4) is 0 Å². The monoisotopic (exact) mass is 310 g/mol. The summed E-state index contributed by atoms with van der Waals surface area (Å²) in [6, 6.07) is 0. The predicted octanol–water partition coefficient (Wildman–Crippen LogP) is 3.48. The van der Waals surface area contributed by atoms with Crippen molar-refractivity contribution in [3.05, 3.63) is 0 Å². The van der Waals surface area contributed by atoms with Gasteiger partial charge in [-0.05, 0) is 0 Å². The molecule has 0 amide bonds. The summed E-state index contributed by atoms with van der Waals surface area (Å²) in [7, 11) is 0.228. The third kappa shape index (κ3) is 3.42. The Morgan fingerprint density at radius 2 is 1.16 bits per heavy atom. The van der Waals surface area contributed by atoms with E-state index in [2.05, 4.69) is 4.74 Å². The lowest BCUT2D eigenvalue weighted by Gasteiger charge is -2.32. The van der Waals surface area contributed by atoms with E-state index >= 15 is 0 Å². The van der Waals surface area contributed by atoms with Crippen LogP contribution in [0.5, 0.6) is 0 Å². The van der Waals surface area contributed by atoms with Crippen LogP contribution in [0, 0.1) is 0 Å². The summed E-state index contributed by atoms with van der Waals surface area (Å²) in [4.78, 5) is 0. The first-order valence-electron chi connectivity index (χ1n) is 4.54. The molecule has 116 valence electrons. The molecule has 4 unspecified atom stereocenters.